The van der Waals surface area contributed by atoms with Crippen LogP contribution >= 0.6 is 11.6 Å². The lowest BCUT2D eigenvalue weighted by Gasteiger charge is -2.34. The molecule has 2 N–H and O–H groups in total. The van der Waals surface area contributed by atoms with Crippen molar-refractivity contribution in [2.24, 2.45) is 5.41 Å². The Kier molecular flexibility index (Phi) is 5.44. The molecule has 1 aromatic heterocycles. The Hall–Kier alpha value is -2.47. The predicted molar refractivity (Wildman–Crippen MR) is 110 cm³/mol. The first-order chi connectivity index (χ1) is 13.1. The van der Waals surface area contributed by atoms with Crippen LogP contribution in [-0.4, -0.2) is 30.9 Å². The van der Waals surface area contributed by atoms with Gasteiger partial charge in [0.15, 0.2) is 0 Å². The van der Waals surface area contributed by atoms with Gasteiger partial charge in [0.1, 0.15) is 11.5 Å². The quantitative estimate of drug-likeness (QED) is 0.774. The number of fused-ring (bicyclic) bond motifs is 1. The molecule has 1 aliphatic carbocycles. The van der Waals surface area contributed by atoms with Crippen LogP contribution in [0, 0.1) is 12.3 Å². The molecule has 0 fully saturated rings. The fourth-order valence-corrected chi connectivity index (χ4v) is 3.85. The van der Waals surface area contributed by atoms with Crippen molar-refractivity contribution in [3.63, 3.8) is 0 Å². The minimum Gasteiger partial charge on any atom is -0.466 e. The maximum Gasteiger partial charge on any atom is 0.319 e. The fraction of sp³-hybridized carbons (Fsp3) is 0.429. The van der Waals surface area contributed by atoms with E-state index in [2.05, 4.69) is 24.5 Å². The number of furan rings is 1. The zero-order valence-corrected chi connectivity index (χ0v) is 17.6. The van der Waals surface area contributed by atoms with Gasteiger partial charge in [-0.2, -0.15) is 0 Å². The molecule has 3 amide bonds. The van der Waals surface area contributed by atoms with Crippen molar-refractivity contribution in [2.75, 3.05) is 19.4 Å². The number of halogens is 1. The summed E-state index contributed by atoms with van der Waals surface area (Å²) in [5.41, 5.74) is 1.79. The van der Waals surface area contributed by atoms with E-state index in [1.165, 1.54) is 4.90 Å². The fourth-order valence-electron chi connectivity index (χ4n) is 3.68. The standard InChI is InChI=1S/C21H26ClN3O3/c1-12-8-15-17(10-21(2,3)11-18(15)28-12)24-20(27)23-16-9-13(22)6-7-14(16)19(26)25(4)5/h6-9,17H,10-11H2,1-5H3,(H2,23,24,27)/t17-/m1/s1. The molecule has 28 heavy (non-hydrogen) atoms. The van der Waals surface area contributed by atoms with E-state index < -0.39 is 0 Å². The summed E-state index contributed by atoms with van der Waals surface area (Å²) in [6, 6.07) is 6.25. The molecule has 0 aliphatic heterocycles. The molecular weight excluding hydrogens is 378 g/mol. The van der Waals surface area contributed by atoms with Gasteiger partial charge in [0, 0.05) is 31.1 Å². The van der Waals surface area contributed by atoms with Crippen molar-refractivity contribution in [2.45, 2.75) is 39.7 Å². The normalized spacial score (nSPS) is 17.6. The van der Waals surface area contributed by atoms with E-state index in [4.69, 9.17) is 16.0 Å². The molecule has 0 bridgehead atoms. The second-order valence-electron chi connectivity index (χ2n) is 8.32. The summed E-state index contributed by atoms with van der Waals surface area (Å²) in [5.74, 6) is 1.55. The molecule has 0 spiro atoms. The third kappa shape index (κ3) is 4.33. The molecule has 0 radical (unpaired) electrons. The first kappa shape index (κ1) is 20.3. The second kappa shape index (κ2) is 7.51. The van der Waals surface area contributed by atoms with Crippen LogP contribution in [0.25, 0.3) is 0 Å². The van der Waals surface area contributed by atoms with E-state index in [1.807, 2.05) is 13.0 Å². The lowest BCUT2D eigenvalue weighted by molar-refractivity contribution is 0.0828. The SMILES string of the molecule is Cc1cc2c(o1)CC(C)(C)C[C@H]2NC(=O)Nc1cc(Cl)ccc1C(=O)N(C)C. The topological polar surface area (TPSA) is 74.6 Å². The van der Waals surface area contributed by atoms with E-state index in [-0.39, 0.29) is 23.4 Å². The summed E-state index contributed by atoms with van der Waals surface area (Å²) < 4.78 is 5.82. The van der Waals surface area contributed by atoms with Crippen LogP contribution in [-0.2, 0) is 6.42 Å². The van der Waals surface area contributed by atoms with Crippen molar-refractivity contribution in [3.8, 4) is 0 Å². The van der Waals surface area contributed by atoms with Gasteiger partial charge >= 0.3 is 6.03 Å². The van der Waals surface area contributed by atoms with Crippen LogP contribution in [0.1, 0.15) is 53.8 Å². The van der Waals surface area contributed by atoms with Gasteiger partial charge in [0.25, 0.3) is 5.91 Å². The number of aryl methyl sites for hydroxylation is 1. The molecule has 1 heterocycles. The number of urea groups is 1. The van der Waals surface area contributed by atoms with Crippen LogP contribution in [0.5, 0.6) is 0 Å². The van der Waals surface area contributed by atoms with Crippen LogP contribution in [0.2, 0.25) is 5.02 Å². The first-order valence-corrected chi connectivity index (χ1v) is 9.61. The third-order valence-corrected chi connectivity index (χ3v) is 5.14. The number of rotatable bonds is 3. The number of hydrogen-bond acceptors (Lipinski definition) is 3. The molecular formula is C21H26ClN3O3. The van der Waals surface area contributed by atoms with Crippen molar-refractivity contribution < 1.29 is 14.0 Å². The number of hydrogen-bond donors (Lipinski definition) is 2. The number of carbonyl (C=O) groups is 2. The van der Waals surface area contributed by atoms with Crippen molar-refractivity contribution >= 4 is 29.2 Å². The number of benzene rings is 1. The molecule has 1 aliphatic rings. The summed E-state index contributed by atoms with van der Waals surface area (Å²) in [5, 5.41) is 6.26. The minimum atomic E-state index is -0.387. The Morgan fingerprint density at radius 3 is 2.64 bits per heavy atom. The van der Waals surface area contributed by atoms with Gasteiger partial charge in [0.05, 0.1) is 17.3 Å². The first-order valence-electron chi connectivity index (χ1n) is 9.24. The minimum absolute atomic E-state index is 0.0113. The third-order valence-electron chi connectivity index (χ3n) is 4.91. The van der Waals surface area contributed by atoms with Crippen molar-refractivity contribution in [1.29, 1.82) is 0 Å². The van der Waals surface area contributed by atoms with E-state index >= 15 is 0 Å². The molecule has 0 saturated carbocycles. The van der Waals surface area contributed by atoms with Gasteiger partial charge in [-0.1, -0.05) is 25.4 Å². The Morgan fingerprint density at radius 1 is 1.25 bits per heavy atom. The second-order valence-corrected chi connectivity index (χ2v) is 8.76. The molecule has 3 rings (SSSR count). The van der Waals surface area contributed by atoms with Crippen LogP contribution in [0.15, 0.2) is 28.7 Å². The molecule has 1 aromatic carbocycles. The highest BCUT2D eigenvalue weighted by molar-refractivity contribution is 6.31. The van der Waals surface area contributed by atoms with Gasteiger partial charge < -0.3 is 20.0 Å². The zero-order valence-electron chi connectivity index (χ0n) is 16.9. The van der Waals surface area contributed by atoms with Gasteiger partial charge in [-0.15, -0.1) is 0 Å². The number of nitrogens with one attached hydrogen (secondary N) is 2. The average Bonchev–Trinajstić information content (AvgIpc) is 2.93. The zero-order chi connectivity index (χ0) is 20.6. The smallest absolute Gasteiger partial charge is 0.319 e. The molecule has 2 aromatic rings. The summed E-state index contributed by atoms with van der Waals surface area (Å²) in [4.78, 5) is 26.6. The molecule has 150 valence electrons. The monoisotopic (exact) mass is 403 g/mol. The Morgan fingerprint density at radius 2 is 1.96 bits per heavy atom. The van der Waals surface area contributed by atoms with Crippen LogP contribution in [0.3, 0.4) is 0 Å². The van der Waals surface area contributed by atoms with E-state index in [0.29, 0.717) is 16.3 Å². The van der Waals surface area contributed by atoms with Crippen molar-refractivity contribution in [1.82, 2.24) is 10.2 Å². The summed E-state index contributed by atoms with van der Waals surface area (Å²) in [7, 11) is 3.32. The van der Waals surface area contributed by atoms with Crippen molar-refractivity contribution in [3.05, 3.63) is 51.9 Å². The van der Waals surface area contributed by atoms with E-state index in [0.717, 1.165) is 29.9 Å². The average molecular weight is 404 g/mol. The number of anilines is 1. The van der Waals surface area contributed by atoms with Crippen LogP contribution < -0.4 is 10.6 Å². The van der Waals surface area contributed by atoms with Gasteiger partial charge in [0.2, 0.25) is 0 Å². The number of carbonyl (C=O) groups excluding carboxylic acids is 2. The lowest BCUT2D eigenvalue weighted by Crippen LogP contribution is -2.38. The van der Waals surface area contributed by atoms with Gasteiger partial charge in [-0.3, -0.25) is 4.79 Å². The maximum atomic E-state index is 12.7. The Labute approximate surface area is 170 Å². The van der Waals surface area contributed by atoms with Gasteiger partial charge in [-0.05, 0) is 43.0 Å². The summed E-state index contributed by atoms with van der Waals surface area (Å²) >= 11 is 6.07. The predicted octanol–water partition coefficient (Wildman–Crippen LogP) is 4.78. The van der Waals surface area contributed by atoms with E-state index in [1.54, 1.807) is 32.3 Å². The highest BCUT2D eigenvalue weighted by atomic mass is 35.5. The highest BCUT2D eigenvalue weighted by Gasteiger charge is 2.35. The maximum absolute atomic E-state index is 12.7. The van der Waals surface area contributed by atoms with E-state index in [9.17, 15) is 9.59 Å². The number of nitrogens with zero attached hydrogens (tertiary/aromatic N) is 1. The number of amides is 3. The largest absolute Gasteiger partial charge is 0.466 e. The molecule has 6 nitrogen and oxygen atoms in total. The molecule has 1 atom stereocenters. The highest BCUT2D eigenvalue weighted by Crippen LogP contribution is 2.42. The molecule has 7 heteroatoms. The van der Waals surface area contributed by atoms with Crippen LogP contribution in [0.4, 0.5) is 10.5 Å². The molecule has 0 unspecified atom stereocenters. The Bertz CT molecular complexity index is 918. The summed E-state index contributed by atoms with van der Waals surface area (Å²) in [6.07, 6.45) is 1.64. The lowest BCUT2D eigenvalue weighted by atomic mass is 9.75. The summed E-state index contributed by atoms with van der Waals surface area (Å²) in [6.45, 7) is 6.23. The van der Waals surface area contributed by atoms with Gasteiger partial charge in [-0.25, -0.2) is 4.79 Å². The molecule has 0 saturated heterocycles. The Balaban J connectivity index is 1.82.